The summed E-state index contributed by atoms with van der Waals surface area (Å²) in [6, 6.07) is 6.30. The molecule has 0 unspecified atom stereocenters. The summed E-state index contributed by atoms with van der Waals surface area (Å²) in [5, 5.41) is 5.10. The van der Waals surface area contributed by atoms with Gasteiger partial charge in [0.05, 0.1) is 12.6 Å². The van der Waals surface area contributed by atoms with E-state index >= 15 is 0 Å². The quantitative estimate of drug-likeness (QED) is 0.856. The van der Waals surface area contributed by atoms with Crippen molar-refractivity contribution >= 4 is 16.8 Å². The first-order chi connectivity index (χ1) is 13.2. The second-order valence-electron chi connectivity index (χ2n) is 8.46. The third-order valence-electron chi connectivity index (χ3n) is 7.06. The molecule has 27 heavy (non-hydrogen) atoms. The van der Waals surface area contributed by atoms with Gasteiger partial charge in [0.2, 0.25) is 5.91 Å². The van der Waals surface area contributed by atoms with E-state index in [0.717, 1.165) is 57.5 Å². The van der Waals surface area contributed by atoms with Crippen molar-refractivity contribution in [2.75, 3.05) is 26.7 Å². The fraction of sp³-hybridized carbons (Fsp3) is 0.591. The van der Waals surface area contributed by atoms with Crippen LogP contribution < -0.4 is 10.1 Å². The summed E-state index contributed by atoms with van der Waals surface area (Å²) in [7, 11) is 1.72. The summed E-state index contributed by atoms with van der Waals surface area (Å²) in [6.07, 6.45) is 7.63. The summed E-state index contributed by atoms with van der Waals surface area (Å²) >= 11 is 0. The SMILES string of the molecule is COc1ccc2[nH]c3c(c2c1)CCNC31CCN(C(=O)C2CCCC2)CC1. The van der Waals surface area contributed by atoms with E-state index in [-0.39, 0.29) is 11.5 Å². The van der Waals surface area contributed by atoms with Gasteiger partial charge in [-0.3, -0.25) is 4.79 Å². The molecule has 2 aromatic rings. The Morgan fingerprint density at radius 3 is 2.74 bits per heavy atom. The van der Waals surface area contributed by atoms with Crippen LogP contribution in [0.5, 0.6) is 5.75 Å². The van der Waals surface area contributed by atoms with Crippen molar-refractivity contribution in [2.45, 2.75) is 50.5 Å². The zero-order valence-corrected chi connectivity index (χ0v) is 16.1. The number of fused-ring (bicyclic) bond motifs is 4. The average Bonchev–Trinajstić information content (AvgIpc) is 3.37. The van der Waals surface area contributed by atoms with Gasteiger partial charge in [-0.2, -0.15) is 0 Å². The highest BCUT2D eigenvalue weighted by atomic mass is 16.5. The standard InChI is InChI=1S/C22H29N3O2/c1-27-16-6-7-19-18(14-16)17-8-11-23-22(20(17)24-19)9-12-25(13-10-22)21(26)15-4-2-3-5-15/h6-7,14-15,23-24H,2-5,8-13H2,1H3. The molecule has 1 amide bonds. The number of carbonyl (C=O) groups is 1. The number of nitrogens with one attached hydrogen (secondary N) is 2. The maximum atomic E-state index is 12.8. The van der Waals surface area contributed by atoms with Crippen molar-refractivity contribution in [2.24, 2.45) is 5.92 Å². The molecule has 2 aliphatic heterocycles. The van der Waals surface area contributed by atoms with Gasteiger partial charge < -0.3 is 19.9 Å². The van der Waals surface area contributed by atoms with Gasteiger partial charge >= 0.3 is 0 Å². The lowest BCUT2D eigenvalue weighted by Crippen LogP contribution is -2.55. The van der Waals surface area contributed by atoms with Crippen LogP contribution in [0.25, 0.3) is 10.9 Å². The van der Waals surface area contributed by atoms with Crippen molar-refractivity contribution in [1.82, 2.24) is 15.2 Å². The highest BCUT2D eigenvalue weighted by Crippen LogP contribution is 2.41. The first kappa shape index (κ1) is 17.1. The lowest BCUT2D eigenvalue weighted by Gasteiger charge is -2.45. The fourth-order valence-electron chi connectivity index (χ4n) is 5.50. The lowest BCUT2D eigenvalue weighted by atomic mass is 9.79. The van der Waals surface area contributed by atoms with Crippen LogP contribution in [0.2, 0.25) is 0 Å². The van der Waals surface area contributed by atoms with Crippen LogP contribution in [0, 0.1) is 5.92 Å². The number of likely N-dealkylation sites (tertiary alicyclic amines) is 1. The van der Waals surface area contributed by atoms with E-state index in [1.54, 1.807) is 7.11 Å². The number of nitrogens with zero attached hydrogens (tertiary/aromatic N) is 1. The maximum Gasteiger partial charge on any atom is 0.225 e. The molecule has 5 rings (SSSR count). The highest BCUT2D eigenvalue weighted by molar-refractivity contribution is 5.87. The highest BCUT2D eigenvalue weighted by Gasteiger charge is 2.42. The molecule has 0 atom stereocenters. The van der Waals surface area contributed by atoms with E-state index in [2.05, 4.69) is 27.3 Å². The summed E-state index contributed by atoms with van der Waals surface area (Å²) in [5.41, 5.74) is 3.93. The van der Waals surface area contributed by atoms with Gasteiger partial charge in [-0.15, -0.1) is 0 Å². The normalized spacial score (nSPS) is 22.3. The predicted molar refractivity (Wildman–Crippen MR) is 106 cm³/mol. The Morgan fingerprint density at radius 2 is 2.00 bits per heavy atom. The molecule has 1 aromatic carbocycles. The van der Waals surface area contributed by atoms with E-state index in [0.29, 0.717) is 5.91 Å². The molecule has 1 aliphatic carbocycles. The number of hydrogen-bond donors (Lipinski definition) is 2. The Kier molecular flexibility index (Phi) is 4.15. The number of amides is 1. The summed E-state index contributed by atoms with van der Waals surface area (Å²) in [5.74, 6) is 1.60. The first-order valence-electron chi connectivity index (χ1n) is 10.4. The molecule has 1 saturated carbocycles. The summed E-state index contributed by atoms with van der Waals surface area (Å²) in [6.45, 7) is 2.72. The average molecular weight is 367 g/mol. The molecule has 0 radical (unpaired) electrons. The molecule has 5 nitrogen and oxygen atoms in total. The molecule has 3 heterocycles. The Bertz CT molecular complexity index is 858. The largest absolute Gasteiger partial charge is 0.497 e. The monoisotopic (exact) mass is 367 g/mol. The topological polar surface area (TPSA) is 57.4 Å². The number of aromatic nitrogens is 1. The van der Waals surface area contributed by atoms with Crippen LogP contribution in [-0.4, -0.2) is 42.5 Å². The molecule has 0 bridgehead atoms. The number of ether oxygens (including phenoxy) is 1. The molecule has 1 aromatic heterocycles. The van der Waals surface area contributed by atoms with E-state index in [1.165, 1.54) is 35.0 Å². The zero-order chi connectivity index (χ0) is 18.4. The van der Waals surface area contributed by atoms with Crippen LogP contribution in [0.1, 0.15) is 49.8 Å². The smallest absolute Gasteiger partial charge is 0.225 e. The minimum Gasteiger partial charge on any atom is -0.497 e. The molecule has 3 aliphatic rings. The van der Waals surface area contributed by atoms with Gasteiger partial charge in [0.1, 0.15) is 5.75 Å². The zero-order valence-electron chi connectivity index (χ0n) is 16.1. The van der Waals surface area contributed by atoms with E-state index in [4.69, 9.17) is 4.74 Å². The third-order valence-corrected chi connectivity index (χ3v) is 7.06. The molecule has 144 valence electrons. The van der Waals surface area contributed by atoms with Crippen molar-refractivity contribution in [3.8, 4) is 5.75 Å². The fourth-order valence-corrected chi connectivity index (χ4v) is 5.50. The number of rotatable bonds is 2. The summed E-state index contributed by atoms with van der Waals surface area (Å²) in [4.78, 5) is 18.6. The Morgan fingerprint density at radius 1 is 1.22 bits per heavy atom. The third kappa shape index (κ3) is 2.75. The van der Waals surface area contributed by atoms with Crippen LogP contribution >= 0.6 is 0 Å². The second kappa shape index (κ2) is 6.55. The summed E-state index contributed by atoms with van der Waals surface area (Å²) < 4.78 is 5.44. The second-order valence-corrected chi connectivity index (χ2v) is 8.46. The van der Waals surface area contributed by atoms with Gasteiger partial charge in [0.15, 0.2) is 0 Å². The van der Waals surface area contributed by atoms with Crippen molar-refractivity contribution < 1.29 is 9.53 Å². The minimum absolute atomic E-state index is 0.0215. The molecule has 1 saturated heterocycles. The Balaban J connectivity index is 1.41. The van der Waals surface area contributed by atoms with Crippen molar-refractivity contribution in [3.63, 3.8) is 0 Å². The number of H-pyrrole nitrogens is 1. The molecular weight excluding hydrogens is 338 g/mol. The maximum absolute atomic E-state index is 12.8. The van der Waals surface area contributed by atoms with Gasteiger partial charge in [-0.25, -0.2) is 0 Å². The van der Waals surface area contributed by atoms with E-state index < -0.39 is 0 Å². The van der Waals surface area contributed by atoms with Crippen LogP contribution in [0.3, 0.4) is 0 Å². The van der Waals surface area contributed by atoms with Gasteiger partial charge in [-0.05, 0) is 55.9 Å². The number of benzene rings is 1. The van der Waals surface area contributed by atoms with Gasteiger partial charge in [-0.1, -0.05) is 12.8 Å². The lowest BCUT2D eigenvalue weighted by molar-refractivity contribution is -0.137. The van der Waals surface area contributed by atoms with E-state index in [9.17, 15) is 4.79 Å². The van der Waals surface area contributed by atoms with Crippen LogP contribution in [0.4, 0.5) is 0 Å². The molecule has 5 heteroatoms. The molecule has 2 N–H and O–H groups in total. The number of aromatic amines is 1. The predicted octanol–water partition coefficient (Wildman–Crippen LogP) is 3.33. The van der Waals surface area contributed by atoms with Crippen molar-refractivity contribution in [3.05, 3.63) is 29.5 Å². The number of piperidine rings is 1. The molecule has 2 fully saturated rings. The minimum atomic E-state index is -0.0215. The molecular formula is C22H29N3O2. The van der Waals surface area contributed by atoms with Crippen molar-refractivity contribution in [1.29, 1.82) is 0 Å². The van der Waals surface area contributed by atoms with E-state index in [1.807, 2.05) is 6.07 Å². The van der Waals surface area contributed by atoms with Crippen LogP contribution in [-0.2, 0) is 16.8 Å². The van der Waals surface area contributed by atoms with Gasteiger partial charge in [0, 0.05) is 42.1 Å². The van der Waals surface area contributed by atoms with Gasteiger partial charge in [0.25, 0.3) is 0 Å². The number of carbonyl (C=O) groups excluding carboxylic acids is 1. The number of hydrogen-bond acceptors (Lipinski definition) is 3. The Labute approximate surface area is 160 Å². The number of methoxy groups -OCH3 is 1. The molecule has 1 spiro atoms. The Hall–Kier alpha value is -2.01. The first-order valence-corrected chi connectivity index (χ1v) is 10.4. The van der Waals surface area contributed by atoms with Crippen LogP contribution in [0.15, 0.2) is 18.2 Å².